The zero-order valence-electron chi connectivity index (χ0n) is 17.6. The second-order valence-corrected chi connectivity index (χ2v) is 8.11. The molecule has 1 aromatic carbocycles. The highest BCUT2D eigenvalue weighted by atomic mass is 19.1. The molecule has 3 N–H and O–H groups in total. The first kappa shape index (κ1) is 20.6. The number of nitrogens with two attached hydrogens (primary N) is 1. The monoisotopic (exact) mass is 445 g/mol. The van der Waals surface area contributed by atoms with Crippen molar-refractivity contribution in [2.24, 2.45) is 11.7 Å². The average molecular weight is 445 g/mol. The normalized spacial score (nSPS) is 17.4. The van der Waals surface area contributed by atoms with Gasteiger partial charge in [0.25, 0.3) is 5.91 Å². The van der Waals surface area contributed by atoms with Gasteiger partial charge in [-0.3, -0.25) is 9.59 Å². The van der Waals surface area contributed by atoms with Crippen LogP contribution < -0.4 is 16.0 Å². The number of hydrogen-bond acceptors (Lipinski definition) is 6. The van der Waals surface area contributed by atoms with Crippen LogP contribution in [-0.2, 0) is 11.3 Å². The third kappa shape index (κ3) is 3.57. The zero-order valence-corrected chi connectivity index (χ0v) is 17.6. The minimum Gasteiger partial charge on any atom is -0.369 e. The molecule has 0 aliphatic carbocycles. The minimum absolute atomic E-state index is 0.0797. The summed E-state index contributed by atoms with van der Waals surface area (Å²) < 4.78 is 16.2. The summed E-state index contributed by atoms with van der Waals surface area (Å²) in [5, 5.41) is 16.8. The number of piperidine rings is 1. The summed E-state index contributed by atoms with van der Waals surface area (Å²) in [6.45, 7) is 1.42. The van der Waals surface area contributed by atoms with E-state index in [1.807, 2.05) is 11.0 Å². The number of hydrogen-bond donors (Lipinski definition) is 2. The summed E-state index contributed by atoms with van der Waals surface area (Å²) in [5.74, 6) is -0.786. The van der Waals surface area contributed by atoms with Gasteiger partial charge >= 0.3 is 0 Å². The van der Waals surface area contributed by atoms with Crippen LogP contribution in [0, 0.1) is 23.1 Å². The molecule has 166 valence electrons. The maximum atomic E-state index is 14.7. The fourth-order valence-corrected chi connectivity index (χ4v) is 4.43. The second-order valence-electron chi connectivity index (χ2n) is 8.11. The van der Waals surface area contributed by atoms with Crippen molar-refractivity contribution in [1.29, 1.82) is 5.26 Å². The highest BCUT2D eigenvalue weighted by Gasteiger charge is 2.29. The Hall–Kier alpha value is -4.26. The molecule has 10 heteroatoms. The Balaban J connectivity index is 1.59. The van der Waals surface area contributed by atoms with Gasteiger partial charge in [-0.15, -0.1) is 0 Å². The van der Waals surface area contributed by atoms with Crippen LogP contribution in [0.1, 0.15) is 34.5 Å². The number of carbonyl (C=O) groups excluding carboxylic acids is 2. The first-order valence-corrected chi connectivity index (χ1v) is 10.6. The second kappa shape index (κ2) is 8.02. The van der Waals surface area contributed by atoms with Gasteiger partial charge in [0.2, 0.25) is 5.91 Å². The van der Waals surface area contributed by atoms with Crippen molar-refractivity contribution in [3.05, 3.63) is 59.2 Å². The van der Waals surface area contributed by atoms with Gasteiger partial charge in [0, 0.05) is 25.4 Å². The maximum absolute atomic E-state index is 14.7. The average Bonchev–Trinajstić information content (AvgIpc) is 3.46. The molecule has 0 bridgehead atoms. The number of nitrogens with zero attached hydrogens (tertiary/aromatic N) is 5. The van der Waals surface area contributed by atoms with Crippen LogP contribution in [0.25, 0.3) is 16.9 Å². The van der Waals surface area contributed by atoms with E-state index in [0.717, 1.165) is 19.4 Å². The molecule has 1 atom stereocenters. The van der Waals surface area contributed by atoms with Crippen molar-refractivity contribution < 1.29 is 14.0 Å². The van der Waals surface area contributed by atoms with Crippen molar-refractivity contribution in [1.82, 2.24) is 20.1 Å². The lowest BCUT2D eigenvalue weighted by molar-refractivity contribution is -0.122. The maximum Gasteiger partial charge on any atom is 0.255 e. The number of pyridine rings is 1. The molecule has 5 rings (SSSR count). The topological polar surface area (TPSA) is 130 Å². The van der Waals surface area contributed by atoms with Crippen molar-refractivity contribution in [3.63, 3.8) is 0 Å². The predicted molar refractivity (Wildman–Crippen MR) is 117 cm³/mol. The van der Waals surface area contributed by atoms with Gasteiger partial charge in [0.05, 0.1) is 52.3 Å². The van der Waals surface area contributed by atoms with Gasteiger partial charge in [-0.25, -0.2) is 14.1 Å². The van der Waals surface area contributed by atoms with Crippen molar-refractivity contribution in [3.8, 4) is 23.0 Å². The van der Waals surface area contributed by atoms with E-state index in [4.69, 9.17) is 5.73 Å². The largest absolute Gasteiger partial charge is 0.369 e. The molecular formula is C23H20FN7O2. The Morgan fingerprint density at radius 1 is 1.30 bits per heavy atom. The lowest BCUT2D eigenvalue weighted by Crippen LogP contribution is -2.41. The van der Waals surface area contributed by atoms with Gasteiger partial charge < -0.3 is 16.0 Å². The number of nitriles is 1. The number of halogens is 1. The summed E-state index contributed by atoms with van der Waals surface area (Å²) in [6, 6.07) is 9.63. The number of rotatable bonds is 4. The number of aromatic nitrogens is 3. The molecule has 0 unspecified atom stereocenters. The number of anilines is 1. The molecule has 1 saturated heterocycles. The molecule has 0 saturated carbocycles. The third-order valence-electron chi connectivity index (χ3n) is 6.08. The molecule has 0 spiro atoms. The highest BCUT2D eigenvalue weighted by Crippen LogP contribution is 2.32. The smallest absolute Gasteiger partial charge is 0.255 e. The fraction of sp³-hybridized carbons (Fsp3) is 0.261. The molecule has 33 heavy (non-hydrogen) atoms. The molecule has 0 radical (unpaired) electrons. The van der Waals surface area contributed by atoms with E-state index in [0.29, 0.717) is 29.3 Å². The van der Waals surface area contributed by atoms with E-state index < -0.39 is 5.82 Å². The van der Waals surface area contributed by atoms with Gasteiger partial charge in [-0.1, -0.05) is 6.07 Å². The van der Waals surface area contributed by atoms with Crippen LogP contribution in [0.3, 0.4) is 0 Å². The standard InChI is InChI=1S/C23H20FN7O2/c24-15-5-1-3-13(10-25)20(15)16-9-18(21-17(28-16)11-27-23(21)33)31-8-6-19(29-31)30-7-2-4-14(12-30)22(26)32/h1,3,5-6,8-9,14H,2,4,7,11-12H2,(H2,26,32)(H,27,33)/t14-/m0/s1. The van der Waals surface area contributed by atoms with E-state index in [2.05, 4.69) is 15.4 Å². The molecule has 2 aliphatic heterocycles. The third-order valence-corrected chi connectivity index (χ3v) is 6.08. The number of carbonyl (C=O) groups is 2. The SMILES string of the molecule is N#Cc1cccc(F)c1-c1cc(-n2ccc(N3CCC[C@H](C(N)=O)C3)n2)c2c(n1)CNC2=O. The van der Waals surface area contributed by atoms with Crippen LogP contribution in [-0.4, -0.2) is 39.7 Å². The Labute approximate surface area is 188 Å². The van der Waals surface area contributed by atoms with Crippen LogP contribution >= 0.6 is 0 Å². The lowest BCUT2D eigenvalue weighted by Gasteiger charge is -2.31. The van der Waals surface area contributed by atoms with E-state index in [1.54, 1.807) is 23.0 Å². The zero-order chi connectivity index (χ0) is 23.1. The van der Waals surface area contributed by atoms with E-state index in [-0.39, 0.29) is 41.1 Å². The summed E-state index contributed by atoms with van der Waals surface area (Å²) in [6.07, 6.45) is 3.28. The number of benzene rings is 1. The molecule has 2 amide bonds. The molecule has 2 aliphatic rings. The molecule has 1 fully saturated rings. The number of nitrogens with one attached hydrogen (secondary N) is 1. The quantitative estimate of drug-likeness (QED) is 0.631. The number of amides is 2. The predicted octanol–water partition coefficient (Wildman–Crippen LogP) is 1.89. The Kier molecular flexibility index (Phi) is 5.01. The van der Waals surface area contributed by atoms with Crippen molar-refractivity contribution in [2.45, 2.75) is 19.4 Å². The summed E-state index contributed by atoms with van der Waals surface area (Å²) in [4.78, 5) is 30.6. The van der Waals surface area contributed by atoms with Crippen LogP contribution in [0.4, 0.5) is 10.2 Å². The fourth-order valence-electron chi connectivity index (χ4n) is 4.43. The lowest BCUT2D eigenvalue weighted by atomic mass is 9.98. The Bertz CT molecular complexity index is 1330. The summed E-state index contributed by atoms with van der Waals surface area (Å²) in [5.41, 5.74) is 7.23. The van der Waals surface area contributed by atoms with Crippen LogP contribution in [0.5, 0.6) is 0 Å². The molecule has 4 heterocycles. The van der Waals surface area contributed by atoms with Crippen LogP contribution in [0.15, 0.2) is 36.5 Å². The van der Waals surface area contributed by atoms with Gasteiger partial charge in [0.1, 0.15) is 5.82 Å². The highest BCUT2D eigenvalue weighted by molar-refractivity contribution is 6.01. The number of primary amides is 1. The molecular weight excluding hydrogens is 425 g/mol. The minimum atomic E-state index is -0.573. The van der Waals surface area contributed by atoms with Gasteiger partial charge in [-0.05, 0) is 31.0 Å². The molecule has 2 aromatic heterocycles. The molecule has 9 nitrogen and oxygen atoms in total. The van der Waals surface area contributed by atoms with Crippen molar-refractivity contribution in [2.75, 3.05) is 18.0 Å². The first-order chi connectivity index (χ1) is 16.0. The molecule has 3 aromatic rings. The Morgan fingerprint density at radius 2 is 2.15 bits per heavy atom. The van der Waals surface area contributed by atoms with E-state index in [9.17, 15) is 19.2 Å². The van der Waals surface area contributed by atoms with E-state index in [1.165, 1.54) is 18.2 Å². The van der Waals surface area contributed by atoms with Gasteiger partial charge in [0.15, 0.2) is 5.82 Å². The van der Waals surface area contributed by atoms with E-state index >= 15 is 0 Å². The number of fused-ring (bicyclic) bond motifs is 1. The first-order valence-electron chi connectivity index (χ1n) is 10.6. The Morgan fingerprint density at radius 3 is 2.94 bits per heavy atom. The summed E-state index contributed by atoms with van der Waals surface area (Å²) in [7, 11) is 0. The van der Waals surface area contributed by atoms with Crippen LogP contribution in [0.2, 0.25) is 0 Å². The summed E-state index contributed by atoms with van der Waals surface area (Å²) >= 11 is 0. The van der Waals surface area contributed by atoms with Gasteiger partial charge in [-0.2, -0.15) is 10.4 Å². The van der Waals surface area contributed by atoms with Crippen molar-refractivity contribution >= 4 is 17.6 Å².